The van der Waals surface area contributed by atoms with Gasteiger partial charge in [0.15, 0.2) is 0 Å². The molecule has 2 heterocycles. The van der Waals surface area contributed by atoms with Gasteiger partial charge in [0, 0.05) is 25.2 Å². The van der Waals surface area contributed by atoms with Gasteiger partial charge in [-0.2, -0.15) is 0 Å². The average Bonchev–Trinajstić information content (AvgIpc) is 2.73. The van der Waals surface area contributed by atoms with Gasteiger partial charge in [-0.1, -0.05) is 0 Å². The van der Waals surface area contributed by atoms with Crippen molar-refractivity contribution >= 4 is 18.3 Å². The molecule has 0 saturated carbocycles. The molecule has 3 atom stereocenters. The van der Waals surface area contributed by atoms with Crippen LogP contribution in [0.2, 0.25) is 0 Å². The molecule has 4 nitrogen and oxygen atoms in total. The molecule has 1 amide bonds. The smallest absolute Gasteiger partial charge is 0.227 e. The summed E-state index contributed by atoms with van der Waals surface area (Å²) in [5.74, 6) is 0.482. The largest absolute Gasteiger partial charge is 0.341 e. The van der Waals surface area contributed by atoms with Crippen molar-refractivity contribution in [3.8, 4) is 0 Å². The van der Waals surface area contributed by atoms with Crippen molar-refractivity contribution in [1.29, 1.82) is 0 Å². The Morgan fingerprint density at radius 1 is 1.47 bits per heavy atom. The minimum Gasteiger partial charge on any atom is -0.341 e. The Morgan fingerprint density at radius 2 is 2.20 bits per heavy atom. The van der Waals surface area contributed by atoms with Gasteiger partial charge in [-0.05, 0) is 26.3 Å². The van der Waals surface area contributed by atoms with E-state index in [1.807, 2.05) is 4.90 Å². The first-order chi connectivity index (χ1) is 6.68. The summed E-state index contributed by atoms with van der Waals surface area (Å²) in [5, 5.41) is 3.31. The lowest BCUT2D eigenvalue weighted by Gasteiger charge is -2.22. The number of hydrogen-bond donors (Lipinski definition) is 2. The fourth-order valence-electron chi connectivity index (χ4n) is 2.42. The molecule has 3 N–H and O–H groups in total. The average molecular weight is 234 g/mol. The van der Waals surface area contributed by atoms with Crippen LogP contribution in [0.3, 0.4) is 0 Å². The molecule has 2 fully saturated rings. The van der Waals surface area contributed by atoms with Crippen LogP contribution in [-0.4, -0.2) is 42.5 Å². The fourth-order valence-corrected chi connectivity index (χ4v) is 2.42. The summed E-state index contributed by atoms with van der Waals surface area (Å²) < 4.78 is 0. The van der Waals surface area contributed by atoms with Gasteiger partial charge in [0.2, 0.25) is 5.91 Å². The molecule has 5 heteroatoms. The Bertz CT molecular complexity index is 237. The molecular formula is C10H20ClN3O. The van der Waals surface area contributed by atoms with E-state index in [2.05, 4.69) is 12.2 Å². The second-order valence-corrected chi connectivity index (χ2v) is 4.47. The maximum Gasteiger partial charge on any atom is 0.227 e. The third kappa shape index (κ3) is 2.62. The first-order valence-corrected chi connectivity index (χ1v) is 5.46. The van der Waals surface area contributed by atoms with Crippen LogP contribution in [0.15, 0.2) is 0 Å². The standard InChI is InChI=1S/C10H19N3O.ClH/c1-7-9(2-4-12-7)10(14)13-5-3-8(11)6-13;/h7-9,12H,2-6,11H2,1H3;1H. The van der Waals surface area contributed by atoms with E-state index in [1.54, 1.807) is 0 Å². The van der Waals surface area contributed by atoms with Crippen LogP contribution < -0.4 is 11.1 Å². The van der Waals surface area contributed by atoms with E-state index in [0.29, 0.717) is 11.9 Å². The molecule has 2 aliphatic rings. The van der Waals surface area contributed by atoms with Gasteiger partial charge in [0.1, 0.15) is 0 Å². The summed E-state index contributed by atoms with van der Waals surface area (Å²) in [6.45, 7) is 4.66. The van der Waals surface area contributed by atoms with Crippen molar-refractivity contribution in [3.05, 3.63) is 0 Å². The lowest BCUT2D eigenvalue weighted by Crippen LogP contribution is -2.40. The molecule has 0 aliphatic carbocycles. The third-order valence-corrected chi connectivity index (χ3v) is 3.38. The Labute approximate surface area is 97.0 Å². The van der Waals surface area contributed by atoms with Gasteiger partial charge in [-0.3, -0.25) is 4.79 Å². The van der Waals surface area contributed by atoms with Gasteiger partial charge in [-0.25, -0.2) is 0 Å². The summed E-state index contributed by atoms with van der Waals surface area (Å²) in [7, 11) is 0. The molecule has 2 rings (SSSR count). The molecule has 0 radical (unpaired) electrons. The molecule has 0 bridgehead atoms. The van der Waals surface area contributed by atoms with Crippen molar-refractivity contribution in [3.63, 3.8) is 0 Å². The summed E-state index contributed by atoms with van der Waals surface area (Å²) in [6.07, 6.45) is 1.94. The van der Waals surface area contributed by atoms with Crippen molar-refractivity contribution in [1.82, 2.24) is 10.2 Å². The van der Waals surface area contributed by atoms with Crippen LogP contribution in [-0.2, 0) is 4.79 Å². The number of halogens is 1. The lowest BCUT2D eigenvalue weighted by atomic mass is 10.0. The van der Waals surface area contributed by atoms with Crippen molar-refractivity contribution in [2.24, 2.45) is 11.7 Å². The van der Waals surface area contributed by atoms with Crippen LogP contribution in [0.4, 0.5) is 0 Å². The molecule has 0 spiro atoms. The molecule has 15 heavy (non-hydrogen) atoms. The number of carbonyl (C=O) groups is 1. The van der Waals surface area contributed by atoms with E-state index in [1.165, 1.54) is 0 Å². The SMILES string of the molecule is CC1NCCC1C(=O)N1CCC(N)C1.Cl. The predicted octanol–water partition coefficient (Wildman–Crippen LogP) is -0.0342. The van der Waals surface area contributed by atoms with Gasteiger partial charge >= 0.3 is 0 Å². The molecule has 88 valence electrons. The molecular weight excluding hydrogens is 214 g/mol. The molecule has 2 aliphatic heterocycles. The number of nitrogens with zero attached hydrogens (tertiary/aromatic N) is 1. The van der Waals surface area contributed by atoms with E-state index in [0.717, 1.165) is 32.5 Å². The summed E-state index contributed by atoms with van der Waals surface area (Å²) in [5.41, 5.74) is 5.79. The highest BCUT2D eigenvalue weighted by atomic mass is 35.5. The van der Waals surface area contributed by atoms with Crippen LogP contribution in [0.5, 0.6) is 0 Å². The zero-order valence-electron chi connectivity index (χ0n) is 9.11. The van der Waals surface area contributed by atoms with E-state index in [4.69, 9.17) is 5.73 Å². The highest BCUT2D eigenvalue weighted by Crippen LogP contribution is 2.20. The molecule has 3 unspecified atom stereocenters. The Morgan fingerprint density at radius 3 is 2.67 bits per heavy atom. The number of nitrogens with two attached hydrogens (primary N) is 1. The fraction of sp³-hybridized carbons (Fsp3) is 0.900. The highest BCUT2D eigenvalue weighted by molar-refractivity contribution is 5.85. The zero-order chi connectivity index (χ0) is 10.1. The quantitative estimate of drug-likeness (QED) is 0.669. The topological polar surface area (TPSA) is 58.4 Å². The van der Waals surface area contributed by atoms with Crippen molar-refractivity contribution < 1.29 is 4.79 Å². The minimum atomic E-state index is 0. The molecule has 0 aromatic heterocycles. The second-order valence-electron chi connectivity index (χ2n) is 4.47. The maximum atomic E-state index is 12.0. The Hall–Kier alpha value is -0.320. The third-order valence-electron chi connectivity index (χ3n) is 3.38. The number of hydrogen-bond acceptors (Lipinski definition) is 3. The van der Waals surface area contributed by atoms with E-state index in [9.17, 15) is 4.79 Å². The number of rotatable bonds is 1. The number of amides is 1. The second kappa shape index (κ2) is 5.14. The first-order valence-electron chi connectivity index (χ1n) is 5.46. The zero-order valence-corrected chi connectivity index (χ0v) is 9.93. The maximum absolute atomic E-state index is 12.0. The van der Waals surface area contributed by atoms with Crippen LogP contribution >= 0.6 is 12.4 Å². The molecule has 0 aromatic carbocycles. The molecule has 0 aromatic rings. The van der Waals surface area contributed by atoms with E-state index < -0.39 is 0 Å². The lowest BCUT2D eigenvalue weighted by molar-refractivity contribution is -0.134. The predicted molar refractivity (Wildman–Crippen MR) is 62.0 cm³/mol. The van der Waals surface area contributed by atoms with Gasteiger partial charge < -0.3 is 16.0 Å². The first kappa shape index (κ1) is 12.7. The van der Waals surface area contributed by atoms with Gasteiger partial charge in [0.05, 0.1) is 5.92 Å². The minimum absolute atomic E-state index is 0. The summed E-state index contributed by atoms with van der Waals surface area (Å²) >= 11 is 0. The van der Waals surface area contributed by atoms with Crippen molar-refractivity contribution in [2.75, 3.05) is 19.6 Å². The van der Waals surface area contributed by atoms with E-state index in [-0.39, 0.29) is 24.4 Å². The van der Waals surface area contributed by atoms with Crippen LogP contribution in [0.25, 0.3) is 0 Å². The normalized spacial score (nSPS) is 35.3. The van der Waals surface area contributed by atoms with Crippen LogP contribution in [0.1, 0.15) is 19.8 Å². The van der Waals surface area contributed by atoms with Gasteiger partial charge in [-0.15, -0.1) is 12.4 Å². The van der Waals surface area contributed by atoms with Gasteiger partial charge in [0.25, 0.3) is 0 Å². The number of nitrogens with one attached hydrogen (secondary N) is 1. The van der Waals surface area contributed by atoms with Crippen LogP contribution in [0, 0.1) is 5.92 Å². The summed E-state index contributed by atoms with van der Waals surface area (Å²) in [6, 6.07) is 0.531. The number of likely N-dealkylation sites (tertiary alicyclic amines) is 1. The number of carbonyl (C=O) groups excluding carboxylic acids is 1. The monoisotopic (exact) mass is 233 g/mol. The van der Waals surface area contributed by atoms with Crippen molar-refractivity contribution in [2.45, 2.75) is 31.8 Å². The Balaban J connectivity index is 0.00000112. The Kier molecular flexibility index (Phi) is 4.37. The molecule has 2 saturated heterocycles. The summed E-state index contributed by atoms with van der Waals surface area (Å²) in [4.78, 5) is 14.0. The highest BCUT2D eigenvalue weighted by Gasteiger charge is 2.34. The van der Waals surface area contributed by atoms with E-state index >= 15 is 0 Å².